The highest BCUT2D eigenvalue weighted by Crippen LogP contribution is 2.80. The molecule has 242 valence electrons. The Hall–Kier alpha value is -3.96. The summed E-state index contributed by atoms with van der Waals surface area (Å²) < 4.78 is 36.5. The fraction of sp³-hybridized carbons (Fsp3) is 0.543. The lowest BCUT2D eigenvalue weighted by atomic mass is 9.36. The lowest BCUT2D eigenvalue weighted by molar-refractivity contribution is -0.255. The van der Waals surface area contributed by atoms with Crippen LogP contribution in [0.3, 0.4) is 0 Å². The van der Waals surface area contributed by atoms with E-state index >= 15 is 4.79 Å². The maximum absolute atomic E-state index is 15.1. The van der Waals surface area contributed by atoms with Crippen molar-refractivity contribution >= 4 is 29.8 Å². The first-order valence-corrected chi connectivity index (χ1v) is 15.7. The first kappa shape index (κ1) is 29.4. The van der Waals surface area contributed by atoms with Crippen LogP contribution >= 0.6 is 0 Å². The summed E-state index contributed by atoms with van der Waals surface area (Å²) >= 11 is 0. The zero-order valence-corrected chi connectivity index (χ0v) is 26.0. The number of aromatic hydroxyl groups is 1. The van der Waals surface area contributed by atoms with Gasteiger partial charge in [0.05, 0.1) is 36.6 Å². The molecule has 1 N–H and O–H groups in total. The smallest absolute Gasteiger partial charge is 0.339 e. The summed E-state index contributed by atoms with van der Waals surface area (Å²) in [5, 5.41) is 9.63. The number of phenolic OH excluding ortho intramolecular Hbond substituents is 1. The Morgan fingerprint density at radius 3 is 2.50 bits per heavy atom. The summed E-state index contributed by atoms with van der Waals surface area (Å²) in [5.41, 5.74) is -3.91. The molecule has 6 fully saturated rings. The number of cyclic esters (lactones) is 2. The molecule has 2 aromatic rings. The molecule has 11 heteroatoms. The van der Waals surface area contributed by atoms with Crippen LogP contribution in [0.15, 0.2) is 53.4 Å². The Kier molecular flexibility index (Phi) is 5.96. The third-order valence-electron chi connectivity index (χ3n) is 12.2. The molecule has 2 aliphatic carbocycles. The second-order valence-corrected chi connectivity index (χ2v) is 14.7. The van der Waals surface area contributed by atoms with E-state index in [4.69, 9.17) is 28.1 Å². The number of rotatable bonds is 4. The molecule has 46 heavy (non-hydrogen) atoms. The number of fused-ring (bicyclic) bond motifs is 1. The number of epoxide rings is 1. The second-order valence-electron chi connectivity index (χ2n) is 14.7. The average Bonchev–Trinajstić information content (AvgIpc) is 3.48. The zero-order chi connectivity index (χ0) is 32.4. The summed E-state index contributed by atoms with van der Waals surface area (Å²) in [5.74, 6) is -3.09. The fourth-order valence-corrected chi connectivity index (χ4v) is 10.6. The van der Waals surface area contributed by atoms with E-state index in [9.17, 15) is 19.5 Å². The van der Waals surface area contributed by atoms with E-state index in [0.717, 1.165) is 0 Å². The van der Waals surface area contributed by atoms with Crippen LogP contribution in [0.4, 0.5) is 0 Å². The summed E-state index contributed by atoms with van der Waals surface area (Å²) in [6, 6.07) is 8.05. The van der Waals surface area contributed by atoms with Gasteiger partial charge in [0.15, 0.2) is 18.0 Å². The van der Waals surface area contributed by atoms with Crippen molar-refractivity contribution in [3.05, 3.63) is 60.1 Å². The summed E-state index contributed by atoms with van der Waals surface area (Å²) in [6.07, 6.45) is 3.31. The SMILES string of the molecule is CC1(C)O[C@@H]2CC(=O)OC[C@@]23[C@H]2CC[C@]4(C)[C@H](c5ccoc5)OC(=O)[C@@H]5O[C@]54[C@]2(C)[C@H](OC(=O)C=Cc2ccc(O)cc2)C(=O)[C@@H]13. The van der Waals surface area contributed by atoms with Crippen molar-refractivity contribution in [1.82, 2.24) is 0 Å². The van der Waals surface area contributed by atoms with Crippen molar-refractivity contribution in [2.45, 2.75) is 82.6 Å². The molecule has 1 aromatic heterocycles. The van der Waals surface area contributed by atoms with Crippen molar-refractivity contribution in [3.63, 3.8) is 0 Å². The van der Waals surface area contributed by atoms with Gasteiger partial charge in [-0.2, -0.15) is 0 Å². The predicted molar refractivity (Wildman–Crippen MR) is 157 cm³/mol. The monoisotopic (exact) mass is 632 g/mol. The number of furan rings is 1. The molecule has 2 spiro atoms. The first-order chi connectivity index (χ1) is 21.8. The van der Waals surface area contributed by atoms with E-state index in [1.807, 2.05) is 27.7 Å². The van der Waals surface area contributed by atoms with E-state index in [0.29, 0.717) is 24.0 Å². The normalized spacial score (nSPS) is 43.3. The topological polar surface area (TPSA) is 151 Å². The summed E-state index contributed by atoms with van der Waals surface area (Å²) in [7, 11) is 0. The van der Waals surface area contributed by atoms with Crippen LogP contribution in [0.25, 0.3) is 6.08 Å². The molecule has 4 aliphatic heterocycles. The second kappa shape index (κ2) is 9.32. The quantitative estimate of drug-likeness (QED) is 0.225. The van der Waals surface area contributed by atoms with E-state index in [-0.39, 0.29) is 24.6 Å². The molecule has 11 nitrogen and oxygen atoms in total. The minimum atomic E-state index is -1.31. The van der Waals surface area contributed by atoms with Crippen LogP contribution in [-0.4, -0.2) is 64.9 Å². The van der Waals surface area contributed by atoms with Crippen molar-refractivity contribution in [3.8, 4) is 5.75 Å². The van der Waals surface area contributed by atoms with Crippen LogP contribution in [0.5, 0.6) is 5.75 Å². The van der Waals surface area contributed by atoms with Crippen molar-refractivity contribution < 1.29 is 52.4 Å². The molecule has 1 aromatic carbocycles. The number of Topliss-reactive ketones (excluding diaryl/α,β-unsaturated/α-hetero) is 1. The van der Waals surface area contributed by atoms with E-state index in [1.165, 1.54) is 24.5 Å². The molecule has 8 rings (SSSR count). The number of carbonyl (C=O) groups excluding carboxylic acids is 4. The fourth-order valence-electron chi connectivity index (χ4n) is 10.6. The molecule has 5 heterocycles. The highest BCUT2D eigenvalue weighted by molar-refractivity contribution is 5.96. The molecule has 0 bridgehead atoms. The number of ketones is 1. The third-order valence-corrected chi connectivity index (χ3v) is 12.2. The molecular weight excluding hydrogens is 596 g/mol. The number of benzene rings is 1. The lowest BCUT2D eigenvalue weighted by Crippen LogP contribution is -2.76. The Morgan fingerprint density at radius 2 is 1.78 bits per heavy atom. The number of hydrogen-bond donors (Lipinski definition) is 1. The van der Waals surface area contributed by atoms with Gasteiger partial charge in [-0.3, -0.25) is 9.59 Å². The molecule has 2 saturated carbocycles. The number of carbonyl (C=O) groups is 4. The van der Waals surface area contributed by atoms with Crippen molar-refractivity contribution in [2.75, 3.05) is 6.61 Å². The van der Waals surface area contributed by atoms with Crippen molar-refractivity contribution in [2.24, 2.45) is 28.1 Å². The number of esters is 3. The third kappa shape index (κ3) is 3.50. The molecule has 0 unspecified atom stereocenters. The van der Waals surface area contributed by atoms with E-state index in [2.05, 4.69) is 0 Å². The lowest BCUT2D eigenvalue weighted by Gasteiger charge is -2.66. The van der Waals surface area contributed by atoms with Gasteiger partial charge in [-0.15, -0.1) is 0 Å². The largest absolute Gasteiger partial charge is 0.508 e. The molecule has 10 atom stereocenters. The summed E-state index contributed by atoms with van der Waals surface area (Å²) in [4.78, 5) is 54.9. The van der Waals surface area contributed by atoms with Gasteiger partial charge in [0.2, 0.25) is 0 Å². The molecule has 0 amide bonds. The van der Waals surface area contributed by atoms with E-state index in [1.54, 1.807) is 30.5 Å². The van der Waals surface area contributed by atoms with Gasteiger partial charge in [-0.05, 0) is 62.4 Å². The highest BCUT2D eigenvalue weighted by atomic mass is 16.7. The van der Waals surface area contributed by atoms with Crippen LogP contribution in [0.1, 0.15) is 64.2 Å². The molecule has 6 aliphatic rings. The Balaban J connectivity index is 1.28. The Labute approximate surface area is 265 Å². The average molecular weight is 633 g/mol. The van der Waals surface area contributed by atoms with Crippen LogP contribution in [0, 0.1) is 28.1 Å². The van der Waals surface area contributed by atoms with Gasteiger partial charge in [0, 0.05) is 27.9 Å². The van der Waals surface area contributed by atoms with Crippen LogP contribution in [-0.2, 0) is 42.9 Å². The molecular formula is C35H36O11. The minimum Gasteiger partial charge on any atom is -0.508 e. The standard InChI is InChI=1S/C35H36O11/c1-31(2)26-25(39)28(43-23(37)10-7-18-5-8-20(36)9-6-18)33(4)21(34(26)17-42-24(38)15-22(34)45-31)11-13-32(3)27(19-12-14-41-16-19)44-30(40)29-35(32,33)46-29/h5-10,12,14,16,21-22,26-29,36H,11,13,15,17H2,1-4H3/t21-,22+,26-,27-,28+,29-,32+,33-,34+,35+/m0/s1. The van der Waals surface area contributed by atoms with Crippen LogP contribution < -0.4 is 0 Å². The van der Waals surface area contributed by atoms with Gasteiger partial charge in [-0.25, -0.2) is 9.59 Å². The highest BCUT2D eigenvalue weighted by Gasteiger charge is 2.91. The zero-order valence-electron chi connectivity index (χ0n) is 26.0. The molecule has 0 radical (unpaired) electrons. The summed E-state index contributed by atoms with van der Waals surface area (Å²) in [6.45, 7) is 7.54. The number of phenols is 1. The van der Waals surface area contributed by atoms with E-state index < -0.39 is 81.6 Å². The van der Waals surface area contributed by atoms with Gasteiger partial charge >= 0.3 is 17.9 Å². The maximum Gasteiger partial charge on any atom is 0.339 e. The number of hydrogen-bond acceptors (Lipinski definition) is 11. The Bertz CT molecular complexity index is 1680. The van der Waals surface area contributed by atoms with Gasteiger partial charge < -0.3 is 33.2 Å². The maximum atomic E-state index is 15.1. The Morgan fingerprint density at radius 1 is 1.02 bits per heavy atom. The minimum absolute atomic E-state index is 0.00610. The first-order valence-electron chi connectivity index (χ1n) is 15.7. The predicted octanol–water partition coefficient (Wildman–Crippen LogP) is 4.08. The van der Waals surface area contributed by atoms with Gasteiger partial charge in [0.25, 0.3) is 0 Å². The van der Waals surface area contributed by atoms with Crippen molar-refractivity contribution in [1.29, 1.82) is 0 Å². The van der Waals surface area contributed by atoms with Gasteiger partial charge in [0.1, 0.15) is 24.1 Å². The van der Waals surface area contributed by atoms with Gasteiger partial charge in [-0.1, -0.05) is 26.0 Å². The molecule has 4 saturated heterocycles. The van der Waals surface area contributed by atoms with Crippen LogP contribution in [0.2, 0.25) is 0 Å². The number of ether oxygens (including phenoxy) is 5.